The molecule has 0 aliphatic carbocycles. The second kappa shape index (κ2) is 9.65. The number of hydrogen-bond donors (Lipinski definition) is 2. The van der Waals surface area contributed by atoms with E-state index >= 15 is 0 Å². The molecule has 4 rings (SSSR count). The second-order valence-corrected chi connectivity index (χ2v) is 8.53. The number of aldehydes is 1. The smallest absolute Gasteiger partial charge is 0.232 e. The molecule has 0 spiro atoms. The molecule has 3 aromatic rings. The molecule has 0 saturated carbocycles. The summed E-state index contributed by atoms with van der Waals surface area (Å²) in [5, 5.41) is 0. The third-order valence-corrected chi connectivity index (χ3v) is 6.14. The summed E-state index contributed by atoms with van der Waals surface area (Å²) in [7, 11) is 0. The number of nitrogens with one attached hydrogen (secondary N) is 1. The van der Waals surface area contributed by atoms with Crippen LogP contribution in [0.15, 0.2) is 60.7 Å². The fraction of sp³-hybridized carbons (Fsp3) is 0.240. The zero-order valence-electron chi connectivity index (χ0n) is 17.9. The molecule has 2 N–H and O–H groups in total. The van der Waals surface area contributed by atoms with Crippen LogP contribution in [-0.4, -0.2) is 21.7 Å². The zero-order valence-corrected chi connectivity index (χ0v) is 18.7. The molecule has 0 amide bonds. The van der Waals surface area contributed by atoms with Gasteiger partial charge < -0.3 is 14.3 Å². The number of carbonyl (C=O) groups excluding carboxylic acids is 1. The van der Waals surface area contributed by atoms with Gasteiger partial charge in [0.25, 0.3) is 0 Å². The lowest BCUT2D eigenvalue weighted by Gasteiger charge is -2.16. The topological polar surface area (TPSA) is 84.9 Å². The first-order chi connectivity index (χ1) is 15.5. The Morgan fingerprint density at radius 3 is 2.47 bits per heavy atom. The maximum Gasteiger partial charge on any atom is 0.232 e. The van der Waals surface area contributed by atoms with Crippen molar-refractivity contribution in [2.45, 2.75) is 32.4 Å². The van der Waals surface area contributed by atoms with Gasteiger partial charge in [-0.1, -0.05) is 48.5 Å². The second-order valence-electron chi connectivity index (χ2n) is 7.80. The van der Waals surface area contributed by atoms with E-state index < -0.39 is 17.3 Å². The molecule has 1 heterocycles. The van der Waals surface area contributed by atoms with Crippen molar-refractivity contribution in [2.75, 3.05) is 6.61 Å². The Hall–Kier alpha value is -3.00. The number of carbonyl (C=O) groups is 1. The lowest BCUT2D eigenvalue weighted by molar-refractivity contribution is -0.108. The highest BCUT2D eigenvalue weighted by molar-refractivity contribution is 7.77. The van der Waals surface area contributed by atoms with Crippen LogP contribution in [-0.2, 0) is 16.1 Å². The summed E-state index contributed by atoms with van der Waals surface area (Å²) >= 11 is -2.21. The number of aryl methyl sites for hydroxylation is 2. The Morgan fingerprint density at radius 2 is 1.81 bits per heavy atom. The molecule has 6 nitrogen and oxygen atoms in total. The first-order valence-corrected chi connectivity index (χ1v) is 11.5. The van der Waals surface area contributed by atoms with Gasteiger partial charge in [0, 0.05) is 17.5 Å². The van der Waals surface area contributed by atoms with Gasteiger partial charge in [-0.2, -0.15) is 0 Å². The van der Waals surface area contributed by atoms with Gasteiger partial charge in [-0.15, -0.1) is 0 Å². The van der Waals surface area contributed by atoms with Gasteiger partial charge in [0.05, 0.1) is 6.04 Å². The van der Waals surface area contributed by atoms with Gasteiger partial charge in [0.15, 0.2) is 6.10 Å². The average Bonchev–Trinajstić information content (AvgIpc) is 3.17. The molecule has 0 radical (unpaired) electrons. The fourth-order valence-electron chi connectivity index (χ4n) is 4.17. The van der Waals surface area contributed by atoms with Crippen molar-refractivity contribution in [2.24, 2.45) is 0 Å². The molecular weight excluding hydrogens is 426 g/mol. The number of fused-ring (bicyclic) bond motifs is 1. The Labute approximate surface area is 190 Å². The summed E-state index contributed by atoms with van der Waals surface area (Å²) in [4.78, 5) is 10.9. The maximum atomic E-state index is 11.1. The van der Waals surface area contributed by atoms with E-state index in [4.69, 9.17) is 14.0 Å². The SMILES string of the molecule is Cc1cccc(C)c1-c1cccc2c1OC[C@H]2Oc1ccc(C(CC=O)NS(=O)O)cc1. The van der Waals surface area contributed by atoms with Crippen molar-refractivity contribution in [3.8, 4) is 22.6 Å². The number of hydrogen-bond acceptors (Lipinski definition) is 4. The van der Waals surface area contributed by atoms with E-state index in [1.807, 2.05) is 12.1 Å². The minimum absolute atomic E-state index is 0.0947. The number of para-hydroxylation sites is 1. The van der Waals surface area contributed by atoms with Gasteiger partial charge in [0.1, 0.15) is 24.4 Å². The highest BCUT2D eigenvalue weighted by atomic mass is 32.2. The number of ether oxygens (including phenoxy) is 2. The predicted octanol–water partition coefficient (Wildman–Crippen LogP) is 4.84. The van der Waals surface area contributed by atoms with Crippen LogP contribution in [0.4, 0.5) is 0 Å². The van der Waals surface area contributed by atoms with Crippen LogP contribution in [0.3, 0.4) is 0 Å². The van der Waals surface area contributed by atoms with Crippen LogP contribution < -0.4 is 14.2 Å². The van der Waals surface area contributed by atoms with Crippen molar-refractivity contribution >= 4 is 17.6 Å². The molecule has 7 heteroatoms. The third-order valence-electron chi connectivity index (χ3n) is 5.66. The molecule has 0 fully saturated rings. The Kier molecular flexibility index (Phi) is 6.69. The lowest BCUT2D eigenvalue weighted by Crippen LogP contribution is -2.23. The molecule has 1 aliphatic rings. The molecule has 3 aromatic carbocycles. The van der Waals surface area contributed by atoms with E-state index in [1.54, 1.807) is 24.3 Å². The van der Waals surface area contributed by atoms with Gasteiger partial charge >= 0.3 is 0 Å². The van der Waals surface area contributed by atoms with Gasteiger partial charge in [0.2, 0.25) is 11.3 Å². The molecule has 0 aromatic heterocycles. The summed E-state index contributed by atoms with van der Waals surface area (Å²) < 4.78 is 34.9. The molecule has 0 bridgehead atoms. The molecule has 3 atom stereocenters. The summed E-state index contributed by atoms with van der Waals surface area (Å²) in [5.74, 6) is 1.51. The van der Waals surface area contributed by atoms with Crippen molar-refractivity contribution < 1.29 is 23.0 Å². The standard InChI is InChI=1S/C25H25NO5S/c1-16-5-3-6-17(2)24(16)21-8-4-7-20-23(15-30-25(20)21)31-19-11-9-18(10-12-19)22(13-14-27)26-32(28)29/h3-12,14,22-23,26H,13,15H2,1-2H3,(H,28,29)/t22?,23-/m1/s1. The van der Waals surface area contributed by atoms with Gasteiger partial charge in [-0.05, 0) is 48.2 Å². The van der Waals surface area contributed by atoms with Crippen LogP contribution in [0.25, 0.3) is 11.1 Å². The molecule has 32 heavy (non-hydrogen) atoms. The fourth-order valence-corrected chi connectivity index (χ4v) is 4.64. The summed E-state index contributed by atoms with van der Waals surface area (Å²) in [5.41, 5.74) is 6.38. The van der Waals surface area contributed by atoms with E-state index in [0.717, 1.165) is 28.7 Å². The lowest BCUT2D eigenvalue weighted by atomic mass is 9.93. The highest BCUT2D eigenvalue weighted by Gasteiger charge is 2.29. The molecule has 1 aliphatic heterocycles. The molecule has 0 saturated heterocycles. The molecule has 166 valence electrons. The number of benzene rings is 3. The minimum atomic E-state index is -2.21. The predicted molar refractivity (Wildman–Crippen MR) is 124 cm³/mol. The van der Waals surface area contributed by atoms with Gasteiger partial charge in [-0.25, -0.2) is 8.93 Å². The van der Waals surface area contributed by atoms with E-state index in [1.165, 1.54) is 16.7 Å². The van der Waals surface area contributed by atoms with Crippen molar-refractivity contribution in [3.63, 3.8) is 0 Å². The van der Waals surface area contributed by atoms with E-state index in [2.05, 4.69) is 42.8 Å². The van der Waals surface area contributed by atoms with Crippen molar-refractivity contribution in [3.05, 3.63) is 82.9 Å². The van der Waals surface area contributed by atoms with E-state index in [-0.39, 0.29) is 12.5 Å². The first kappa shape index (κ1) is 22.2. The van der Waals surface area contributed by atoms with Gasteiger partial charge in [-0.3, -0.25) is 4.55 Å². The summed E-state index contributed by atoms with van der Waals surface area (Å²) in [6, 6.07) is 19.0. The van der Waals surface area contributed by atoms with Crippen molar-refractivity contribution in [1.29, 1.82) is 0 Å². The minimum Gasteiger partial charge on any atom is -0.488 e. The third kappa shape index (κ3) is 4.60. The average molecular weight is 452 g/mol. The maximum absolute atomic E-state index is 11.1. The van der Waals surface area contributed by atoms with E-state index in [0.29, 0.717) is 12.4 Å². The van der Waals surface area contributed by atoms with Crippen LogP contribution in [0.2, 0.25) is 0 Å². The first-order valence-electron chi connectivity index (χ1n) is 10.4. The Morgan fingerprint density at radius 1 is 1.12 bits per heavy atom. The van der Waals surface area contributed by atoms with Crippen LogP contribution in [0.5, 0.6) is 11.5 Å². The number of rotatable bonds is 8. The quantitative estimate of drug-likeness (QED) is 0.378. The largest absolute Gasteiger partial charge is 0.488 e. The highest BCUT2D eigenvalue weighted by Crippen LogP contribution is 2.44. The Balaban J connectivity index is 1.56. The van der Waals surface area contributed by atoms with Crippen LogP contribution in [0.1, 0.15) is 40.8 Å². The van der Waals surface area contributed by atoms with Crippen molar-refractivity contribution in [1.82, 2.24) is 4.72 Å². The zero-order chi connectivity index (χ0) is 22.7. The van der Waals surface area contributed by atoms with Crippen LogP contribution >= 0.6 is 0 Å². The summed E-state index contributed by atoms with van der Waals surface area (Å²) in [6.07, 6.45) is 0.571. The summed E-state index contributed by atoms with van der Waals surface area (Å²) in [6.45, 7) is 4.62. The molecular formula is C25H25NO5S. The monoisotopic (exact) mass is 451 g/mol. The normalized spacial score (nSPS) is 16.7. The molecule has 2 unspecified atom stereocenters. The van der Waals surface area contributed by atoms with Crippen LogP contribution in [0, 0.1) is 13.8 Å². The van der Waals surface area contributed by atoms with E-state index in [9.17, 15) is 9.00 Å². The Bertz CT molecular complexity index is 1130.